The van der Waals surface area contributed by atoms with Crippen molar-refractivity contribution in [3.8, 4) is 0 Å². The first-order valence-electron chi connectivity index (χ1n) is 5.90. The second-order valence-electron chi connectivity index (χ2n) is 4.56. The molecule has 0 bridgehead atoms. The molecule has 2 atom stereocenters. The highest BCUT2D eigenvalue weighted by atomic mass is 16.3. The van der Waals surface area contributed by atoms with Crippen LogP contribution in [0.1, 0.15) is 17.5 Å². The maximum absolute atomic E-state index is 11.8. The van der Waals surface area contributed by atoms with Gasteiger partial charge in [-0.25, -0.2) is 0 Å². The van der Waals surface area contributed by atoms with Crippen LogP contribution < -0.4 is 10.6 Å². The number of β-amino-alcohol motifs (C(OH)–C–C–N with tert-alkyl or cyclic N) is 1. The van der Waals surface area contributed by atoms with Crippen molar-refractivity contribution in [1.29, 1.82) is 0 Å². The van der Waals surface area contributed by atoms with Crippen molar-refractivity contribution in [2.45, 2.75) is 32.0 Å². The molecule has 1 heterocycles. The molecule has 1 saturated heterocycles. The fraction of sp³-hybridized carbons (Fsp3) is 0.462. The Labute approximate surface area is 101 Å². The molecule has 1 aromatic rings. The quantitative estimate of drug-likeness (QED) is 0.706. The van der Waals surface area contributed by atoms with Crippen LogP contribution in [0.4, 0.5) is 0 Å². The molecule has 92 valence electrons. The third-order valence-corrected chi connectivity index (χ3v) is 2.97. The van der Waals surface area contributed by atoms with Crippen molar-refractivity contribution in [2.75, 3.05) is 6.54 Å². The molecule has 1 fully saturated rings. The predicted molar refractivity (Wildman–Crippen MR) is 65.4 cm³/mol. The molecule has 0 aliphatic carbocycles. The summed E-state index contributed by atoms with van der Waals surface area (Å²) in [5.41, 5.74) is 2.28. The SMILES string of the molecule is Cc1cccc(CNC(=O)C2CC(O)CN2)c1. The van der Waals surface area contributed by atoms with E-state index in [2.05, 4.69) is 16.7 Å². The molecule has 1 aliphatic rings. The van der Waals surface area contributed by atoms with Gasteiger partial charge in [-0.2, -0.15) is 0 Å². The molecule has 0 spiro atoms. The lowest BCUT2D eigenvalue weighted by atomic mass is 10.1. The first-order valence-corrected chi connectivity index (χ1v) is 5.90. The van der Waals surface area contributed by atoms with Crippen LogP contribution in [0.15, 0.2) is 24.3 Å². The standard InChI is InChI=1S/C13H18N2O2/c1-9-3-2-4-10(5-9)7-15-13(17)12-6-11(16)8-14-12/h2-5,11-12,14,16H,6-8H2,1H3,(H,15,17). The smallest absolute Gasteiger partial charge is 0.237 e. The number of carbonyl (C=O) groups excluding carboxylic acids is 1. The Kier molecular flexibility index (Phi) is 3.76. The van der Waals surface area contributed by atoms with Crippen molar-refractivity contribution in [3.05, 3.63) is 35.4 Å². The van der Waals surface area contributed by atoms with Crippen molar-refractivity contribution in [1.82, 2.24) is 10.6 Å². The maximum atomic E-state index is 11.8. The van der Waals surface area contributed by atoms with E-state index in [1.165, 1.54) is 5.56 Å². The van der Waals surface area contributed by atoms with E-state index in [4.69, 9.17) is 0 Å². The second kappa shape index (κ2) is 5.29. The maximum Gasteiger partial charge on any atom is 0.237 e. The van der Waals surface area contributed by atoms with Crippen LogP contribution in [0.5, 0.6) is 0 Å². The van der Waals surface area contributed by atoms with Gasteiger partial charge in [0, 0.05) is 13.1 Å². The van der Waals surface area contributed by atoms with Gasteiger partial charge in [0.25, 0.3) is 0 Å². The lowest BCUT2D eigenvalue weighted by Gasteiger charge is -2.11. The Balaban J connectivity index is 1.84. The van der Waals surface area contributed by atoms with Crippen LogP contribution in [0.2, 0.25) is 0 Å². The van der Waals surface area contributed by atoms with Crippen molar-refractivity contribution < 1.29 is 9.90 Å². The highest BCUT2D eigenvalue weighted by molar-refractivity contribution is 5.82. The van der Waals surface area contributed by atoms with E-state index in [0.717, 1.165) is 5.56 Å². The number of rotatable bonds is 3. The highest BCUT2D eigenvalue weighted by Crippen LogP contribution is 2.07. The third-order valence-electron chi connectivity index (χ3n) is 2.97. The molecule has 1 amide bonds. The van der Waals surface area contributed by atoms with E-state index in [1.54, 1.807) is 0 Å². The summed E-state index contributed by atoms with van der Waals surface area (Å²) in [7, 11) is 0. The fourth-order valence-corrected chi connectivity index (χ4v) is 2.05. The average Bonchev–Trinajstić information content (AvgIpc) is 2.73. The molecule has 0 aromatic heterocycles. The van der Waals surface area contributed by atoms with Gasteiger partial charge in [-0.1, -0.05) is 29.8 Å². The number of hydrogen-bond donors (Lipinski definition) is 3. The van der Waals surface area contributed by atoms with Gasteiger partial charge in [0.1, 0.15) is 0 Å². The number of carbonyl (C=O) groups is 1. The number of benzene rings is 1. The van der Waals surface area contributed by atoms with Gasteiger partial charge in [-0.15, -0.1) is 0 Å². The molecule has 1 aliphatic heterocycles. The predicted octanol–water partition coefficient (Wildman–Crippen LogP) is 0.334. The Morgan fingerprint density at radius 1 is 1.59 bits per heavy atom. The monoisotopic (exact) mass is 234 g/mol. The van der Waals surface area contributed by atoms with E-state index in [0.29, 0.717) is 19.5 Å². The molecule has 3 N–H and O–H groups in total. The van der Waals surface area contributed by atoms with Crippen LogP contribution in [0.25, 0.3) is 0 Å². The van der Waals surface area contributed by atoms with Crippen LogP contribution >= 0.6 is 0 Å². The van der Waals surface area contributed by atoms with Gasteiger partial charge < -0.3 is 15.7 Å². The van der Waals surface area contributed by atoms with Crippen LogP contribution in [-0.2, 0) is 11.3 Å². The van der Waals surface area contributed by atoms with E-state index in [-0.39, 0.29) is 11.9 Å². The number of aliphatic hydroxyl groups excluding tert-OH is 1. The lowest BCUT2D eigenvalue weighted by molar-refractivity contribution is -0.123. The molecule has 4 nitrogen and oxygen atoms in total. The lowest BCUT2D eigenvalue weighted by Crippen LogP contribution is -2.40. The third kappa shape index (κ3) is 3.28. The number of hydrogen-bond acceptors (Lipinski definition) is 3. The summed E-state index contributed by atoms with van der Waals surface area (Å²) in [5, 5.41) is 15.2. The summed E-state index contributed by atoms with van der Waals surface area (Å²) in [6.07, 6.45) is 0.101. The van der Waals surface area contributed by atoms with Gasteiger partial charge in [0.2, 0.25) is 5.91 Å². The van der Waals surface area contributed by atoms with E-state index < -0.39 is 6.10 Å². The molecule has 17 heavy (non-hydrogen) atoms. The summed E-state index contributed by atoms with van der Waals surface area (Å²) in [6, 6.07) is 7.80. The summed E-state index contributed by atoms with van der Waals surface area (Å²) in [5.74, 6) is -0.0388. The Hall–Kier alpha value is -1.39. The molecular formula is C13H18N2O2. The van der Waals surface area contributed by atoms with Crippen molar-refractivity contribution in [3.63, 3.8) is 0 Å². The Morgan fingerprint density at radius 3 is 3.06 bits per heavy atom. The highest BCUT2D eigenvalue weighted by Gasteiger charge is 2.27. The average molecular weight is 234 g/mol. The zero-order valence-corrected chi connectivity index (χ0v) is 9.94. The molecule has 1 aromatic carbocycles. The number of aryl methyl sites for hydroxylation is 1. The Morgan fingerprint density at radius 2 is 2.41 bits per heavy atom. The molecule has 2 unspecified atom stereocenters. The molecule has 0 saturated carbocycles. The summed E-state index contributed by atoms with van der Waals surface area (Å²) < 4.78 is 0. The summed E-state index contributed by atoms with van der Waals surface area (Å²) in [6.45, 7) is 3.07. The normalized spacial score (nSPS) is 23.6. The summed E-state index contributed by atoms with van der Waals surface area (Å²) >= 11 is 0. The Bertz CT molecular complexity index is 406. The topological polar surface area (TPSA) is 61.4 Å². The number of nitrogens with one attached hydrogen (secondary N) is 2. The number of aliphatic hydroxyl groups is 1. The van der Waals surface area contributed by atoms with Gasteiger partial charge >= 0.3 is 0 Å². The second-order valence-corrected chi connectivity index (χ2v) is 4.56. The van der Waals surface area contributed by atoms with Gasteiger partial charge in [0.15, 0.2) is 0 Å². The molecule has 0 radical (unpaired) electrons. The molecule has 4 heteroatoms. The van der Waals surface area contributed by atoms with Gasteiger partial charge in [-0.3, -0.25) is 4.79 Å². The van der Waals surface area contributed by atoms with E-state index >= 15 is 0 Å². The largest absolute Gasteiger partial charge is 0.392 e. The minimum atomic E-state index is -0.398. The first kappa shape index (κ1) is 12.1. The van der Waals surface area contributed by atoms with Crippen LogP contribution in [0, 0.1) is 6.92 Å². The fourth-order valence-electron chi connectivity index (χ4n) is 2.05. The van der Waals surface area contributed by atoms with Crippen molar-refractivity contribution >= 4 is 5.91 Å². The van der Waals surface area contributed by atoms with E-state index in [1.807, 2.05) is 25.1 Å². The van der Waals surface area contributed by atoms with Gasteiger partial charge in [-0.05, 0) is 18.9 Å². The molecule has 2 rings (SSSR count). The van der Waals surface area contributed by atoms with Gasteiger partial charge in [0.05, 0.1) is 12.1 Å². The number of amides is 1. The first-order chi connectivity index (χ1) is 8.15. The molecular weight excluding hydrogens is 216 g/mol. The van der Waals surface area contributed by atoms with Crippen LogP contribution in [0.3, 0.4) is 0 Å². The zero-order chi connectivity index (χ0) is 12.3. The van der Waals surface area contributed by atoms with Crippen molar-refractivity contribution in [2.24, 2.45) is 0 Å². The van der Waals surface area contributed by atoms with Crippen LogP contribution in [-0.4, -0.2) is 29.7 Å². The minimum Gasteiger partial charge on any atom is -0.392 e. The van der Waals surface area contributed by atoms with E-state index in [9.17, 15) is 9.90 Å². The zero-order valence-electron chi connectivity index (χ0n) is 9.94. The summed E-state index contributed by atoms with van der Waals surface area (Å²) in [4.78, 5) is 11.8. The minimum absolute atomic E-state index is 0.0388.